The molecule has 0 aliphatic rings. The lowest BCUT2D eigenvalue weighted by molar-refractivity contribution is 0.0691. The van der Waals surface area contributed by atoms with Crippen LogP contribution in [-0.2, 0) is 0 Å². The molecular formula is C14H17N3O3. The maximum absolute atomic E-state index is 11.3. The van der Waals surface area contributed by atoms with Crippen molar-refractivity contribution in [3.63, 3.8) is 0 Å². The molecular weight excluding hydrogens is 258 g/mol. The predicted molar refractivity (Wildman–Crippen MR) is 74.0 cm³/mol. The molecule has 0 bridgehead atoms. The topological polar surface area (TPSA) is 77.2 Å². The summed E-state index contributed by atoms with van der Waals surface area (Å²) in [5.74, 6) is -0.336. The monoisotopic (exact) mass is 275 g/mol. The minimum atomic E-state index is -1.08. The van der Waals surface area contributed by atoms with Gasteiger partial charge in [-0.05, 0) is 45.0 Å². The fourth-order valence-corrected chi connectivity index (χ4v) is 1.94. The van der Waals surface area contributed by atoms with E-state index in [2.05, 4.69) is 10.3 Å². The van der Waals surface area contributed by atoms with Crippen LogP contribution in [-0.4, -0.2) is 32.7 Å². The third kappa shape index (κ3) is 2.64. The highest BCUT2D eigenvalue weighted by Crippen LogP contribution is 2.27. The summed E-state index contributed by atoms with van der Waals surface area (Å²) in [6.07, 6.45) is 0. The quantitative estimate of drug-likeness (QED) is 0.907. The fourth-order valence-electron chi connectivity index (χ4n) is 1.94. The van der Waals surface area contributed by atoms with Crippen molar-refractivity contribution in [3.05, 3.63) is 30.0 Å². The van der Waals surface area contributed by atoms with Gasteiger partial charge in [0.15, 0.2) is 5.69 Å². The first-order valence-electron chi connectivity index (χ1n) is 6.46. The molecule has 2 rings (SSSR count). The number of aromatic carboxylic acids is 1. The maximum Gasteiger partial charge on any atom is 0.358 e. The normalized spacial score (nSPS) is 10.8. The molecule has 0 amide bonds. The van der Waals surface area contributed by atoms with Gasteiger partial charge in [-0.3, -0.25) is 0 Å². The molecule has 1 aromatic carbocycles. The van der Waals surface area contributed by atoms with E-state index < -0.39 is 5.97 Å². The molecule has 6 heteroatoms. The standard InChI is InChI=1S/C14H17N3O3/c1-4-20-11-7-5-10(6-8-11)13-12(14(18)19)15-16-17(13)9(2)3/h5-9H,4H2,1-3H3,(H,18,19). The largest absolute Gasteiger partial charge is 0.494 e. The van der Waals surface area contributed by atoms with E-state index >= 15 is 0 Å². The van der Waals surface area contributed by atoms with E-state index in [4.69, 9.17) is 4.74 Å². The second-order valence-corrected chi connectivity index (χ2v) is 4.59. The van der Waals surface area contributed by atoms with Gasteiger partial charge in [-0.25, -0.2) is 9.48 Å². The number of carbonyl (C=O) groups is 1. The van der Waals surface area contributed by atoms with Crippen molar-refractivity contribution in [3.8, 4) is 17.0 Å². The van der Waals surface area contributed by atoms with Crippen molar-refractivity contribution >= 4 is 5.97 Å². The average Bonchev–Trinajstić information content (AvgIpc) is 2.85. The Bertz CT molecular complexity index is 603. The smallest absolute Gasteiger partial charge is 0.358 e. The summed E-state index contributed by atoms with van der Waals surface area (Å²) in [5, 5.41) is 16.9. The second kappa shape index (κ2) is 5.73. The SMILES string of the molecule is CCOc1ccc(-c2c(C(=O)O)nnn2C(C)C)cc1. The molecule has 20 heavy (non-hydrogen) atoms. The Hall–Kier alpha value is -2.37. The van der Waals surface area contributed by atoms with Crippen molar-refractivity contribution in [2.24, 2.45) is 0 Å². The van der Waals surface area contributed by atoms with E-state index in [0.717, 1.165) is 11.3 Å². The summed E-state index contributed by atoms with van der Waals surface area (Å²) in [6, 6.07) is 7.27. The van der Waals surface area contributed by atoms with Crippen LogP contribution >= 0.6 is 0 Å². The summed E-state index contributed by atoms with van der Waals surface area (Å²) in [6.45, 7) is 6.36. The van der Waals surface area contributed by atoms with Crippen LogP contribution in [0.3, 0.4) is 0 Å². The van der Waals surface area contributed by atoms with Crippen LogP contribution in [0.2, 0.25) is 0 Å². The van der Waals surface area contributed by atoms with Gasteiger partial charge in [0.25, 0.3) is 0 Å². The molecule has 1 aromatic heterocycles. The van der Waals surface area contributed by atoms with Gasteiger partial charge in [-0.1, -0.05) is 5.21 Å². The number of nitrogens with zero attached hydrogens (tertiary/aromatic N) is 3. The average molecular weight is 275 g/mol. The van der Waals surface area contributed by atoms with Crippen molar-refractivity contribution in [1.82, 2.24) is 15.0 Å². The molecule has 6 nitrogen and oxygen atoms in total. The Morgan fingerprint density at radius 3 is 2.50 bits per heavy atom. The summed E-state index contributed by atoms with van der Waals surface area (Å²) in [5.41, 5.74) is 1.22. The zero-order valence-corrected chi connectivity index (χ0v) is 11.7. The Kier molecular flexibility index (Phi) is 4.02. The zero-order valence-electron chi connectivity index (χ0n) is 11.7. The molecule has 0 saturated carbocycles. The molecule has 1 heterocycles. The van der Waals surface area contributed by atoms with Crippen LogP contribution in [0.15, 0.2) is 24.3 Å². The van der Waals surface area contributed by atoms with Crippen LogP contribution in [0.5, 0.6) is 5.75 Å². The van der Waals surface area contributed by atoms with Crippen molar-refractivity contribution in [2.45, 2.75) is 26.8 Å². The lowest BCUT2D eigenvalue weighted by Gasteiger charge is -2.11. The third-order valence-electron chi connectivity index (χ3n) is 2.82. The molecule has 1 N–H and O–H groups in total. The molecule has 0 aliphatic heterocycles. The molecule has 0 radical (unpaired) electrons. The summed E-state index contributed by atoms with van der Waals surface area (Å²) < 4.78 is 6.99. The fraction of sp³-hybridized carbons (Fsp3) is 0.357. The molecule has 0 fully saturated rings. The second-order valence-electron chi connectivity index (χ2n) is 4.59. The van der Waals surface area contributed by atoms with Gasteiger partial charge in [0.05, 0.1) is 6.61 Å². The highest BCUT2D eigenvalue weighted by molar-refractivity contribution is 5.92. The van der Waals surface area contributed by atoms with Gasteiger partial charge >= 0.3 is 5.97 Å². The van der Waals surface area contributed by atoms with Gasteiger partial charge < -0.3 is 9.84 Å². The first-order chi connectivity index (χ1) is 9.54. The van der Waals surface area contributed by atoms with E-state index in [-0.39, 0.29) is 11.7 Å². The van der Waals surface area contributed by atoms with E-state index in [1.165, 1.54) is 0 Å². The Balaban J connectivity index is 2.49. The van der Waals surface area contributed by atoms with Gasteiger partial charge in [-0.15, -0.1) is 5.10 Å². The number of rotatable bonds is 5. The maximum atomic E-state index is 11.3. The molecule has 0 aliphatic carbocycles. The van der Waals surface area contributed by atoms with Crippen LogP contribution in [0.25, 0.3) is 11.3 Å². The number of carboxylic acids is 1. The third-order valence-corrected chi connectivity index (χ3v) is 2.82. The van der Waals surface area contributed by atoms with Gasteiger partial charge in [0.1, 0.15) is 11.4 Å². The van der Waals surface area contributed by atoms with E-state index in [9.17, 15) is 9.90 Å². The lowest BCUT2D eigenvalue weighted by atomic mass is 10.1. The van der Waals surface area contributed by atoms with Crippen molar-refractivity contribution in [1.29, 1.82) is 0 Å². The summed E-state index contributed by atoms with van der Waals surface area (Å²) >= 11 is 0. The van der Waals surface area contributed by atoms with Crippen molar-refractivity contribution < 1.29 is 14.6 Å². The van der Waals surface area contributed by atoms with Crippen LogP contribution < -0.4 is 4.74 Å². The first-order valence-corrected chi connectivity index (χ1v) is 6.46. The summed E-state index contributed by atoms with van der Waals surface area (Å²) in [4.78, 5) is 11.3. The summed E-state index contributed by atoms with van der Waals surface area (Å²) in [7, 11) is 0. The Labute approximate surface area is 117 Å². The van der Waals surface area contributed by atoms with Crippen LogP contribution in [0.1, 0.15) is 37.3 Å². The van der Waals surface area contributed by atoms with Crippen molar-refractivity contribution in [2.75, 3.05) is 6.61 Å². The molecule has 0 unspecified atom stereocenters. The molecule has 106 valence electrons. The molecule has 2 aromatic rings. The Morgan fingerprint density at radius 2 is 2.00 bits per heavy atom. The molecule has 0 spiro atoms. The lowest BCUT2D eigenvalue weighted by Crippen LogP contribution is -2.07. The minimum Gasteiger partial charge on any atom is -0.494 e. The minimum absolute atomic E-state index is 0.0252. The van der Waals surface area contributed by atoms with E-state index in [1.807, 2.05) is 45.0 Å². The van der Waals surface area contributed by atoms with E-state index in [0.29, 0.717) is 12.3 Å². The van der Waals surface area contributed by atoms with E-state index in [1.54, 1.807) is 4.68 Å². The Morgan fingerprint density at radius 1 is 1.35 bits per heavy atom. The molecule has 0 atom stereocenters. The zero-order chi connectivity index (χ0) is 14.7. The number of hydrogen-bond acceptors (Lipinski definition) is 4. The number of benzene rings is 1. The van der Waals surface area contributed by atoms with Gasteiger partial charge in [-0.2, -0.15) is 0 Å². The predicted octanol–water partition coefficient (Wildman–Crippen LogP) is 2.62. The van der Waals surface area contributed by atoms with Gasteiger partial charge in [0, 0.05) is 11.6 Å². The first kappa shape index (κ1) is 14.0. The number of carboxylic acid groups (broad SMARTS) is 1. The number of aromatic nitrogens is 3. The number of ether oxygens (including phenoxy) is 1. The molecule has 0 saturated heterocycles. The van der Waals surface area contributed by atoms with Crippen LogP contribution in [0.4, 0.5) is 0 Å². The van der Waals surface area contributed by atoms with Crippen LogP contribution in [0, 0.1) is 0 Å². The highest BCUT2D eigenvalue weighted by atomic mass is 16.5. The van der Waals surface area contributed by atoms with Gasteiger partial charge in [0.2, 0.25) is 0 Å². The highest BCUT2D eigenvalue weighted by Gasteiger charge is 2.21. The number of hydrogen-bond donors (Lipinski definition) is 1.